The van der Waals surface area contributed by atoms with Gasteiger partial charge in [0.05, 0.1) is 17.4 Å². The number of nitrogens with two attached hydrogens (primary N) is 1. The van der Waals surface area contributed by atoms with Crippen LogP contribution in [0.3, 0.4) is 0 Å². The summed E-state index contributed by atoms with van der Waals surface area (Å²) >= 11 is 0. The van der Waals surface area contributed by atoms with Crippen LogP contribution in [0.4, 0.5) is 11.4 Å². The molecule has 7 nitrogen and oxygen atoms in total. The van der Waals surface area contributed by atoms with Crippen molar-refractivity contribution in [3.05, 3.63) is 35.9 Å². The van der Waals surface area contributed by atoms with Crippen LogP contribution in [0.15, 0.2) is 24.5 Å². The molecule has 1 aromatic heterocycles. The third kappa shape index (κ3) is 3.05. The van der Waals surface area contributed by atoms with E-state index in [-0.39, 0.29) is 11.9 Å². The van der Waals surface area contributed by atoms with Gasteiger partial charge in [-0.15, -0.1) is 0 Å². The van der Waals surface area contributed by atoms with E-state index in [2.05, 4.69) is 25.8 Å². The number of aromatic nitrogens is 3. The highest BCUT2D eigenvalue weighted by Gasteiger charge is 2.11. The molecule has 0 radical (unpaired) electrons. The topological polar surface area (TPSA) is 109 Å². The molecule has 0 saturated heterocycles. The van der Waals surface area contributed by atoms with Crippen LogP contribution in [-0.2, 0) is 0 Å². The molecule has 0 saturated carbocycles. The molecule has 0 aliphatic rings. The monoisotopic (exact) mass is 274 g/mol. The van der Waals surface area contributed by atoms with Crippen LogP contribution in [0.1, 0.15) is 36.1 Å². The zero-order chi connectivity index (χ0) is 14.5. The lowest BCUT2D eigenvalue weighted by Gasteiger charge is -2.15. The fraction of sp³-hybridized carbons (Fsp3) is 0.308. The molecule has 0 bridgehead atoms. The van der Waals surface area contributed by atoms with Gasteiger partial charge in [0.15, 0.2) is 0 Å². The lowest BCUT2D eigenvalue weighted by Crippen LogP contribution is -2.22. The van der Waals surface area contributed by atoms with E-state index in [9.17, 15) is 4.79 Å². The van der Waals surface area contributed by atoms with Crippen molar-refractivity contribution in [3.63, 3.8) is 0 Å². The van der Waals surface area contributed by atoms with Gasteiger partial charge in [-0.3, -0.25) is 9.89 Å². The summed E-state index contributed by atoms with van der Waals surface area (Å²) in [7, 11) is 0. The van der Waals surface area contributed by atoms with Crippen molar-refractivity contribution in [1.29, 1.82) is 0 Å². The SMILES string of the molecule is CCNC(=O)c1ccc(NC(C)c2ncn[nH]2)c(N)c1. The largest absolute Gasteiger partial charge is 0.397 e. The number of aromatic amines is 1. The first kappa shape index (κ1) is 13.9. The van der Waals surface area contributed by atoms with Gasteiger partial charge < -0.3 is 16.4 Å². The number of hydrogen-bond donors (Lipinski definition) is 4. The average molecular weight is 274 g/mol. The molecule has 0 fully saturated rings. The highest BCUT2D eigenvalue weighted by molar-refractivity contribution is 5.96. The summed E-state index contributed by atoms with van der Waals surface area (Å²) in [5.41, 5.74) is 7.78. The van der Waals surface area contributed by atoms with E-state index in [4.69, 9.17) is 5.73 Å². The smallest absolute Gasteiger partial charge is 0.251 e. The van der Waals surface area contributed by atoms with E-state index < -0.39 is 0 Å². The van der Waals surface area contributed by atoms with Crippen molar-refractivity contribution in [3.8, 4) is 0 Å². The Balaban J connectivity index is 2.12. The Bertz CT molecular complexity index is 581. The molecule has 20 heavy (non-hydrogen) atoms. The number of anilines is 2. The molecule has 1 atom stereocenters. The molecule has 7 heteroatoms. The van der Waals surface area contributed by atoms with Crippen LogP contribution in [0, 0.1) is 0 Å². The lowest BCUT2D eigenvalue weighted by atomic mass is 10.1. The summed E-state index contributed by atoms with van der Waals surface area (Å²) in [4.78, 5) is 15.8. The highest BCUT2D eigenvalue weighted by atomic mass is 16.1. The van der Waals surface area contributed by atoms with E-state index >= 15 is 0 Å². The molecule has 0 aliphatic heterocycles. The lowest BCUT2D eigenvalue weighted by molar-refractivity contribution is 0.0956. The number of carbonyl (C=O) groups excluding carboxylic acids is 1. The Morgan fingerprint density at radius 2 is 2.30 bits per heavy atom. The van der Waals surface area contributed by atoms with Crippen LogP contribution >= 0.6 is 0 Å². The van der Waals surface area contributed by atoms with Gasteiger partial charge in [-0.05, 0) is 32.0 Å². The number of nitrogens with one attached hydrogen (secondary N) is 3. The van der Waals surface area contributed by atoms with Gasteiger partial charge >= 0.3 is 0 Å². The number of amides is 1. The van der Waals surface area contributed by atoms with Crippen molar-refractivity contribution in [1.82, 2.24) is 20.5 Å². The number of carbonyl (C=O) groups is 1. The van der Waals surface area contributed by atoms with Crippen LogP contribution in [0.25, 0.3) is 0 Å². The maximum atomic E-state index is 11.7. The fourth-order valence-corrected chi connectivity index (χ4v) is 1.82. The second-order valence-corrected chi connectivity index (χ2v) is 4.40. The maximum absolute atomic E-state index is 11.7. The zero-order valence-corrected chi connectivity index (χ0v) is 11.5. The summed E-state index contributed by atoms with van der Waals surface area (Å²) < 4.78 is 0. The molecule has 1 amide bonds. The van der Waals surface area contributed by atoms with E-state index in [1.54, 1.807) is 18.2 Å². The quantitative estimate of drug-likeness (QED) is 0.615. The Morgan fingerprint density at radius 1 is 1.50 bits per heavy atom. The van der Waals surface area contributed by atoms with Crippen molar-refractivity contribution in [2.45, 2.75) is 19.9 Å². The van der Waals surface area contributed by atoms with Gasteiger partial charge in [-0.1, -0.05) is 0 Å². The second-order valence-electron chi connectivity index (χ2n) is 4.40. The summed E-state index contributed by atoms with van der Waals surface area (Å²) in [5, 5.41) is 12.6. The van der Waals surface area contributed by atoms with Crippen LogP contribution in [-0.4, -0.2) is 27.6 Å². The summed E-state index contributed by atoms with van der Waals surface area (Å²) in [6.45, 7) is 4.40. The average Bonchev–Trinajstić information content (AvgIpc) is 2.95. The Hall–Kier alpha value is -2.57. The highest BCUT2D eigenvalue weighted by Crippen LogP contribution is 2.23. The van der Waals surface area contributed by atoms with E-state index in [1.165, 1.54) is 6.33 Å². The van der Waals surface area contributed by atoms with Crippen LogP contribution in [0.2, 0.25) is 0 Å². The predicted molar refractivity (Wildman–Crippen MR) is 77.3 cm³/mol. The maximum Gasteiger partial charge on any atom is 0.251 e. The number of rotatable bonds is 5. The van der Waals surface area contributed by atoms with Crippen LogP contribution in [0.5, 0.6) is 0 Å². The first-order chi connectivity index (χ1) is 9.61. The van der Waals surface area contributed by atoms with Gasteiger partial charge in [0.2, 0.25) is 0 Å². The molecule has 1 aromatic carbocycles. The molecule has 1 unspecified atom stereocenters. The third-order valence-corrected chi connectivity index (χ3v) is 2.87. The van der Waals surface area contributed by atoms with Gasteiger partial charge in [0.1, 0.15) is 12.2 Å². The van der Waals surface area contributed by atoms with E-state index in [1.807, 2.05) is 13.8 Å². The zero-order valence-electron chi connectivity index (χ0n) is 11.5. The van der Waals surface area contributed by atoms with Crippen molar-refractivity contribution in [2.75, 3.05) is 17.6 Å². The predicted octanol–water partition coefficient (Wildman–Crippen LogP) is 1.31. The molecule has 2 aromatic rings. The summed E-state index contributed by atoms with van der Waals surface area (Å²) in [6.07, 6.45) is 1.45. The minimum Gasteiger partial charge on any atom is -0.397 e. The summed E-state index contributed by atoms with van der Waals surface area (Å²) in [5.74, 6) is 0.589. The van der Waals surface area contributed by atoms with Crippen molar-refractivity contribution in [2.24, 2.45) is 0 Å². The van der Waals surface area contributed by atoms with Gasteiger partial charge in [-0.25, -0.2) is 4.98 Å². The Labute approximate surface area is 117 Å². The van der Waals surface area contributed by atoms with E-state index in [0.29, 0.717) is 17.8 Å². The Kier molecular flexibility index (Phi) is 4.19. The van der Waals surface area contributed by atoms with Gasteiger partial charge in [0.25, 0.3) is 5.91 Å². The number of hydrogen-bond acceptors (Lipinski definition) is 5. The van der Waals surface area contributed by atoms with Gasteiger partial charge in [-0.2, -0.15) is 5.10 Å². The first-order valence-electron chi connectivity index (χ1n) is 6.41. The number of benzene rings is 1. The molecular weight excluding hydrogens is 256 g/mol. The molecule has 1 heterocycles. The molecule has 2 rings (SSSR count). The molecule has 5 N–H and O–H groups in total. The molecule has 106 valence electrons. The number of nitrogen functional groups attached to an aromatic ring is 1. The minimum atomic E-state index is -0.131. The van der Waals surface area contributed by atoms with Gasteiger partial charge in [0, 0.05) is 12.1 Å². The van der Waals surface area contributed by atoms with E-state index in [0.717, 1.165) is 11.5 Å². The minimum absolute atomic E-state index is 0.0601. The first-order valence-corrected chi connectivity index (χ1v) is 6.41. The van der Waals surface area contributed by atoms with Crippen molar-refractivity contribution >= 4 is 17.3 Å². The molecular formula is C13H18N6O. The molecule has 0 aliphatic carbocycles. The third-order valence-electron chi connectivity index (χ3n) is 2.87. The standard InChI is InChI=1S/C13H18N6O/c1-3-15-13(20)9-4-5-11(10(14)6-9)18-8(2)12-16-7-17-19-12/h4-8,18H,3,14H2,1-2H3,(H,15,20)(H,16,17,19). The normalized spacial score (nSPS) is 11.9. The molecule has 0 spiro atoms. The van der Waals surface area contributed by atoms with Crippen molar-refractivity contribution < 1.29 is 4.79 Å². The fourth-order valence-electron chi connectivity index (χ4n) is 1.82. The van der Waals surface area contributed by atoms with Crippen LogP contribution < -0.4 is 16.4 Å². The Morgan fingerprint density at radius 3 is 2.90 bits per heavy atom. The summed E-state index contributed by atoms with van der Waals surface area (Å²) in [6, 6.07) is 5.11. The second kappa shape index (κ2) is 6.05. The number of nitrogens with zero attached hydrogens (tertiary/aromatic N) is 2. The number of H-pyrrole nitrogens is 1.